The summed E-state index contributed by atoms with van der Waals surface area (Å²) < 4.78 is 1.12. The van der Waals surface area contributed by atoms with E-state index in [2.05, 4.69) is 10.3 Å². The largest absolute Gasteiger partial charge is 0.399 e. The lowest BCUT2D eigenvalue weighted by atomic mass is 9.93. The maximum atomic E-state index is 9.48. The van der Waals surface area contributed by atoms with E-state index in [4.69, 9.17) is 5.73 Å². The molecule has 0 bridgehead atoms. The number of aliphatic hydroxyl groups is 1. The molecule has 2 aromatic rings. The predicted molar refractivity (Wildman–Crippen MR) is 75.9 cm³/mol. The second-order valence-corrected chi connectivity index (χ2v) is 5.93. The summed E-state index contributed by atoms with van der Waals surface area (Å²) >= 11 is 1.64. The number of fused-ring (bicyclic) bond motifs is 1. The average molecular weight is 263 g/mol. The van der Waals surface area contributed by atoms with Crippen molar-refractivity contribution in [1.82, 2.24) is 4.98 Å². The molecule has 0 amide bonds. The normalized spacial score (nSPS) is 24.3. The van der Waals surface area contributed by atoms with E-state index in [1.54, 1.807) is 11.3 Å². The molecule has 1 aliphatic rings. The van der Waals surface area contributed by atoms with Crippen LogP contribution in [0.4, 0.5) is 10.8 Å². The van der Waals surface area contributed by atoms with Gasteiger partial charge in [0.15, 0.2) is 5.13 Å². The Morgan fingerprint density at radius 3 is 2.83 bits per heavy atom. The van der Waals surface area contributed by atoms with Gasteiger partial charge in [0.2, 0.25) is 0 Å². The number of nitrogens with two attached hydrogens (primary N) is 1. The zero-order chi connectivity index (χ0) is 12.5. The highest BCUT2D eigenvalue weighted by molar-refractivity contribution is 7.22. The Bertz CT molecular complexity index is 546. The van der Waals surface area contributed by atoms with Crippen LogP contribution in [0.5, 0.6) is 0 Å². The van der Waals surface area contributed by atoms with E-state index < -0.39 is 0 Å². The topological polar surface area (TPSA) is 71.2 Å². The third-order valence-electron chi connectivity index (χ3n) is 3.44. The highest BCUT2D eigenvalue weighted by Crippen LogP contribution is 2.30. The van der Waals surface area contributed by atoms with Crippen LogP contribution in [-0.4, -0.2) is 22.2 Å². The van der Waals surface area contributed by atoms with Gasteiger partial charge in [-0.15, -0.1) is 0 Å². The Morgan fingerprint density at radius 2 is 2.06 bits per heavy atom. The number of nitrogen functional groups attached to an aromatic ring is 1. The first-order valence-corrected chi connectivity index (χ1v) is 7.13. The first kappa shape index (κ1) is 11.7. The molecule has 0 radical (unpaired) electrons. The molecule has 5 heteroatoms. The standard InChI is InChI=1S/C13H17N3OS/c14-8-1-6-11-12(7-8)18-13(16-11)15-9-2-4-10(17)5-3-9/h1,6-7,9-10,17H,2-5,14H2,(H,15,16). The van der Waals surface area contributed by atoms with Crippen molar-refractivity contribution in [2.24, 2.45) is 0 Å². The summed E-state index contributed by atoms with van der Waals surface area (Å²) in [4.78, 5) is 4.56. The summed E-state index contributed by atoms with van der Waals surface area (Å²) in [5.74, 6) is 0. The number of aromatic nitrogens is 1. The van der Waals surface area contributed by atoms with Gasteiger partial charge in [-0.05, 0) is 43.9 Å². The van der Waals surface area contributed by atoms with Gasteiger partial charge in [0.25, 0.3) is 0 Å². The molecule has 4 nitrogen and oxygen atoms in total. The molecule has 0 spiro atoms. The molecule has 0 atom stereocenters. The second kappa shape index (κ2) is 4.74. The molecule has 96 valence electrons. The molecule has 0 aliphatic heterocycles. The van der Waals surface area contributed by atoms with Crippen molar-refractivity contribution in [1.29, 1.82) is 0 Å². The van der Waals surface area contributed by atoms with Gasteiger partial charge in [-0.25, -0.2) is 4.98 Å². The molecule has 1 aromatic carbocycles. The molecular formula is C13H17N3OS. The van der Waals surface area contributed by atoms with E-state index in [9.17, 15) is 5.11 Å². The first-order chi connectivity index (χ1) is 8.70. The minimum atomic E-state index is -0.113. The van der Waals surface area contributed by atoms with Gasteiger partial charge in [-0.2, -0.15) is 0 Å². The van der Waals surface area contributed by atoms with Gasteiger partial charge in [0.05, 0.1) is 16.3 Å². The number of nitrogens with zero attached hydrogens (tertiary/aromatic N) is 1. The lowest BCUT2D eigenvalue weighted by Gasteiger charge is -2.25. The minimum Gasteiger partial charge on any atom is -0.399 e. The smallest absolute Gasteiger partial charge is 0.184 e. The molecule has 1 aromatic heterocycles. The number of thiazole rings is 1. The van der Waals surface area contributed by atoms with Crippen LogP contribution >= 0.6 is 11.3 Å². The van der Waals surface area contributed by atoms with Gasteiger partial charge in [0, 0.05) is 11.7 Å². The summed E-state index contributed by atoms with van der Waals surface area (Å²) in [7, 11) is 0. The summed E-state index contributed by atoms with van der Waals surface area (Å²) in [6.07, 6.45) is 3.68. The third-order valence-corrected chi connectivity index (χ3v) is 4.39. The van der Waals surface area contributed by atoms with E-state index in [0.29, 0.717) is 6.04 Å². The van der Waals surface area contributed by atoms with Gasteiger partial charge in [-0.3, -0.25) is 0 Å². The van der Waals surface area contributed by atoms with E-state index in [0.717, 1.165) is 46.7 Å². The predicted octanol–water partition coefficient (Wildman–Crippen LogP) is 2.59. The van der Waals surface area contributed by atoms with Crippen LogP contribution in [0.2, 0.25) is 0 Å². The van der Waals surface area contributed by atoms with Crippen LogP contribution in [0.15, 0.2) is 18.2 Å². The number of benzene rings is 1. The lowest BCUT2D eigenvalue weighted by molar-refractivity contribution is 0.126. The molecule has 0 saturated heterocycles. The number of rotatable bonds is 2. The molecule has 1 saturated carbocycles. The summed E-state index contributed by atoms with van der Waals surface area (Å²) in [6.45, 7) is 0. The molecule has 4 N–H and O–H groups in total. The number of hydrogen-bond acceptors (Lipinski definition) is 5. The van der Waals surface area contributed by atoms with Crippen LogP contribution in [0.3, 0.4) is 0 Å². The molecule has 3 rings (SSSR count). The fourth-order valence-electron chi connectivity index (χ4n) is 2.40. The van der Waals surface area contributed by atoms with Crippen molar-refractivity contribution in [3.8, 4) is 0 Å². The maximum Gasteiger partial charge on any atom is 0.184 e. The first-order valence-electron chi connectivity index (χ1n) is 6.31. The zero-order valence-corrected chi connectivity index (χ0v) is 10.9. The van der Waals surface area contributed by atoms with Gasteiger partial charge in [0.1, 0.15) is 0 Å². The van der Waals surface area contributed by atoms with Gasteiger partial charge < -0.3 is 16.2 Å². The summed E-state index contributed by atoms with van der Waals surface area (Å²) in [5.41, 5.74) is 7.53. The van der Waals surface area contributed by atoms with Crippen molar-refractivity contribution >= 4 is 32.4 Å². The molecule has 0 unspecified atom stereocenters. The van der Waals surface area contributed by atoms with E-state index >= 15 is 0 Å². The molecule has 1 aliphatic carbocycles. The quantitative estimate of drug-likeness (QED) is 0.728. The van der Waals surface area contributed by atoms with Crippen LogP contribution in [0, 0.1) is 0 Å². The fraction of sp³-hybridized carbons (Fsp3) is 0.462. The number of anilines is 2. The average Bonchev–Trinajstić information content (AvgIpc) is 2.73. The zero-order valence-electron chi connectivity index (χ0n) is 10.1. The van der Waals surface area contributed by atoms with Crippen molar-refractivity contribution in [2.45, 2.75) is 37.8 Å². The van der Waals surface area contributed by atoms with E-state index in [-0.39, 0.29) is 6.10 Å². The monoisotopic (exact) mass is 263 g/mol. The Hall–Kier alpha value is -1.33. The number of hydrogen-bond donors (Lipinski definition) is 3. The number of aliphatic hydroxyl groups excluding tert-OH is 1. The highest BCUT2D eigenvalue weighted by Gasteiger charge is 2.20. The molecular weight excluding hydrogens is 246 g/mol. The fourth-order valence-corrected chi connectivity index (χ4v) is 3.39. The van der Waals surface area contributed by atoms with Crippen LogP contribution in [0.1, 0.15) is 25.7 Å². The SMILES string of the molecule is Nc1ccc2nc(NC3CCC(O)CC3)sc2c1. The van der Waals surface area contributed by atoms with Crippen molar-refractivity contribution < 1.29 is 5.11 Å². The summed E-state index contributed by atoms with van der Waals surface area (Å²) in [5, 5.41) is 13.9. The van der Waals surface area contributed by atoms with Gasteiger partial charge >= 0.3 is 0 Å². The van der Waals surface area contributed by atoms with E-state index in [1.807, 2.05) is 18.2 Å². The van der Waals surface area contributed by atoms with E-state index in [1.165, 1.54) is 0 Å². The van der Waals surface area contributed by atoms with Crippen molar-refractivity contribution in [2.75, 3.05) is 11.1 Å². The number of nitrogens with one attached hydrogen (secondary N) is 1. The Morgan fingerprint density at radius 1 is 1.28 bits per heavy atom. The molecule has 1 heterocycles. The van der Waals surface area contributed by atoms with Crippen LogP contribution < -0.4 is 11.1 Å². The minimum absolute atomic E-state index is 0.113. The lowest BCUT2D eigenvalue weighted by Crippen LogP contribution is -2.28. The van der Waals surface area contributed by atoms with Crippen molar-refractivity contribution in [3.05, 3.63) is 18.2 Å². The van der Waals surface area contributed by atoms with Crippen molar-refractivity contribution in [3.63, 3.8) is 0 Å². The summed E-state index contributed by atoms with van der Waals surface area (Å²) in [6, 6.07) is 6.23. The second-order valence-electron chi connectivity index (χ2n) is 4.90. The van der Waals surface area contributed by atoms with Crippen LogP contribution in [-0.2, 0) is 0 Å². The van der Waals surface area contributed by atoms with Crippen LogP contribution in [0.25, 0.3) is 10.2 Å². The highest BCUT2D eigenvalue weighted by atomic mass is 32.1. The Labute approximate surface area is 110 Å². The Balaban J connectivity index is 1.74. The van der Waals surface area contributed by atoms with Gasteiger partial charge in [-0.1, -0.05) is 11.3 Å². The third kappa shape index (κ3) is 2.42. The molecule has 1 fully saturated rings. The molecule has 18 heavy (non-hydrogen) atoms. The maximum absolute atomic E-state index is 9.48. The Kier molecular flexibility index (Phi) is 3.09.